The minimum Gasteiger partial charge on any atom is -0.287 e. The Balaban J connectivity index is 1.80. The monoisotopic (exact) mass is 302 g/mol. The second-order valence-electron chi connectivity index (χ2n) is 3.65. The molecule has 1 nitrogen and oxygen atoms in total. The van der Waals surface area contributed by atoms with Crippen molar-refractivity contribution in [3.05, 3.63) is 10.2 Å². The van der Waals surface area contributed by atoms with Crippen molar-refractivity contribution in [1.29, 1.82) is 0 Å². The van der Waals surface area contributed by atoms with Crippen LogP contribution in [0.5, 0.6) is 0 Å². The highest BCUT2D eigenvalue weighted by molar-refractivity contribution is 8.07. The standard InChI is InChI=1S/C12H14OS4/c13-10-11-12(10)17-7-3-5-15-9-8-14-4-1-2-6-16-11/h1-7H2. The third-order valence-electron chi connectivity index (χ3n) is 2.27. The quantitative estimate of drug-likeness (QED) is 0.678. The topological polar surface area (TPSA) is 17.1 Å². The van der Waals surface area contributed by atoms with Crippen LogP contribution in [-0.2, 0) is 0 Å². The number of thioether (sulfide) groups is 4. The van der Waals surface area contributed by atoms with Gasteiger partial charge in [-0.3, -0.25) is 4.79 Å². The van der Waals surface area contributed by atoms with Gasteiger partial charge in [-0.15, -0.1) is 23.5 Å². The molecule has 1 aromatic rings. The molecular weight excluding hydrogens is 288 g/mol. The molecule has 5 heteroatoms. The van der Waals surface area contributed by atoms with Crippen molar-refractivity contribution in [2.45, 2.75) is 29.1 Å². The summed E-state index contributed by atoms with van der Waals surface area (Å²) in [6.07, 6.45) is 3.51. The van der Waals surface area contributed by atoms with Gasteiger partial charge in [0.05, 0.1) is 9.79 Å². The van der Waals surface area contributed by atoms with Gasteiger partial charge in [-0.25, -0.2) is 0 Å². The lowest BCUT2D eigenvalue weighted by Gasteiger charge is -1.95. The highest BCUT2D eigenvalue weighted by atomic mass is 32.2. The molecule has 0 bridgehead atoms. The Morgan fingerprint density at radius 3 is 2.00 bits per heavy atom. The van der Waals surface area contributed by atoms with Crippen molar-refractivity contribution in [2.75, 3.05) is 23.0 Å². The number of rotatable bonds is 0. The van der Waals surface area contributed by atoms with Gasteiger partial charge in [0.1, 0.15) is 0 Å². The van der Waals surface area contributed by atoms with Crippen molar-refractivity contribution in [2.24, 2.45) is 0 Å². The molecule has 1 aromatic carbocycles. The summed E-state index contributed by atoms with van der Waals surface area (Å²) in [5.41, 5.74) is 0.314. The number of hydrogen-bond donors (Lipinski definition) is 0. The first-order chi connectivity index (χ1) is 8.39. The normalized spacial score (nSPS) is 19.8. The number of fused-ring (bicyclic) bond motifs is 1. The van der Waals surface area contributed by atoms with Crippen molar-refractivity contribution in [3.63, 3.8) is 0 Å². The van der Waals surface area contributed by atoms with Gasteiger partial charge in [0.25, 0.3) is 0 Å². The van der Waals surface area contributed by atoms with Crippen LogP contribution in [0, 0.1) is 10.5 Å². The van der Waals surface area contributed by atoms with Crippen molar-refractivity contribution >= 4 is 47.0 Å². The third-order valence-corrected chi connectivity index (χ3v) is 6.35. The van der Waals surface area contributed by atoms with Gasteiger partial charge in [0.2, 0.25) is 5.43 Å². The van der Waals surface area contributed by atoms with E-state index in [1.807, 2.05) is 0 Å². The Hall–Kier alpha value is 0.370. The minimum atomic E-state index is 0.314. The van der Waals surface area contributed by atoms with Gasteiger partial charge < -0.3 is 0 Å². The molecule has 0 unspecified atom stereocenters. The van der Waals surface area contributed by atoms with E-state index in [4.69, 9.17) is 0 Å². The van der Waals surface area contributed by atoms with Crippen LogP contribution >= 0.6 is 47.0 Å². The van der Waals surface area contributed by atoms with E-state index in [0.29, 0.717) is 5.43 Å². The zero-order valence-corrected chi connectivity index (χ0v) is 12.8. The van der Waals surface area contributed by atoms with Gasteiger partial charge in [-0.2, -0.15) is 0 Å². The Kier molecular flexibility index (Phi) is 6.27. The molecule has 0 N–H and O–H groups in total. The summed E-state index contributed by atoms with van der Waals surface area (Å²) < 4.78 is 0. The first kappa shape index (κ1) is 13.8. The zero-order chi connectivity index (χ0) is 11.9. The summed E-state index contributed by atoms with van der Waals surface area (Å²) in [4.78, 5) is 13.5. The van der Waals surface area contributed by atoms with Gasteiger partial charge in [-0.1, -0.05) is 23.5 Å². The van der Waals surface area contributed by atoms with Crippen LogP contribution in [0.25, 0.3) is 0 Å². The first-order valence-electron chi connectivity index (χ1n) is 5.68. The second-order valence-corrected chi connectivity index (χ2v) is 7.66. The maximum absolute atomic E-state index is 11.5. The van der Waals surface area contributed by atoms with Crippen LogP contribution in [0.1, 0.15) is 19.3 Å². The van der Waals surface area contributed by atoms with E-state index in [1.165, 1.54) is 12.8 Å². The molecular formula is C12H14OS4. The smallest absolute Gasteiger partial charge is 0.208 e. The molecule has 2 rings (SSSR count). The zero-order valence-electron chi connectivity index (χ0n) is 9.49. The van der Waals surface area contributed by atoms with Crippen molar-refractivity contribution in [3.8, 4) is 10.5 Å². The van der Waals surface area contributed by atoms with E-state index < -0.39 is 0 Å². The Labute approximate surface area is 119 Å². The van der Waals surface area contributed by atoms with Crippen LogP contribution in [0.3, 0.4) is 0 Å². The summed E-state index contributed by atoms with van der Waals surface area (Å²) in [6.45, 7) is 0. The fraction of sp³-hybridized carbons (Fsp3) is 0.583. The minimum absolute atomic E-state index is 0.314. The summed E-state index contributed by atoms with van der Waals surface area (Å²) >= 11 is 6.90. The summed E-state index contributed by atoms with van der Waals surface area (Å²) in [5, 5.41) is 6.25. The van der Waals surface area contributed by atoms with E-state index in [0.717, 1.165) is 39.2 Å². The third kappa shape index (κ3) is 4.86. The van der Waals surface area contributed by atoms with Crippen molar-refractivity contribution < 1.29 is 0 Å². The molecule has 92 valence electrons. The number of hydrogen-bond acceptors (Lipinski definition) is 5. The van der Waals surface area contributed by atoms with Crippen LogP contribution in [0.15, 0.2) is 14.6 Å². The predicted octanol–water partition coefficient (Wildman–Crippen LogP) is 3.68. The molecule has 1 heterocycles. The summed E-state index contributed by atoms with van der Waals surface area (Å²) in [7, 11) is 0. The SMILES string of the molecule is O=c1c2c1SCCCSC#CSCCCCS2. The van der Waals surface area contributed by atoms with Crippen molar-refractivity contribution in [1.82, 2.24) is 0 Å². The second kappa shape index (κ2) is 7.73. The maximum atomic E-state index is 11.5. The molecule has 0 radical (unpaired) electrons. The van der Waals surface area contributed by atoms with Gasteiger partial charge in [0, 0.05) is 11.5 Å². The van der Waals surface area contributed by atoms with E-state index in [9.17, 15) is 4.79 Å². The lowest BCUT2D eigenvalue weighted by atomic mass is 10.4. The highest BCUT2D eigenvalue weighted by Crippen LogP contribution is 2.34. The lowest BCUT2D eigenvalue weighted by molar-refractivity contribution is 0.909. The molecule has 1 aliphatic rings. The summed E-state index contributed by atoms with van der Waals surface area (Å²) in [5.74, 6) is 4.31. The predicted molar refractivity (Wildman–Crippen MR) is 83.1 cm³/mol. The lowest BCUT2D eigenvalue weighted by Crippen LogP contribution is -1.83. The molecule has 0 spiro atoms. The molecule has 0 aliphatic carbocycles. The summed E-state index contributed by atoms with van der Waals surface area (Å²) in [6, 6.07) is 0. The van der Waals surface area contributed by atoms with E-state index >= 15 is 0 Å². The molecule has 0 saturated carbocycles. The van der Waals surface area contributed by atoms with Crippen LogP contribution in [0.4, 0.5) is 0 Å². The Morgan fingerprint density at radius 2 is 1.29 bits per heavy atom. The Bertz CT molecular complexity index is 422. The first-order valence-corrected chi connectivity index (χ1v) is 9.62. The molecule has 0 fully saturated rings. The largest absolute Gasteiger partial charge is 0.287 e. The fourth-order valence-electron chi connectivity index (χ4n) is 1.32. The van der Waals surface area contributed by atoms with E-state index in [1.54, 1.807) is 47.0 Å². The van der Waals surface area contributed by atoms with E-state index in [-0.39, 0.29) is 0 Å². The molecule has 0 atom stereocenters. The highest BCUT2D eigenvalue weighted by Gasteiger charge is 2.22. The molecule has 1 aliphatic heterocycles. The maximum Gasteiger partial charge on any atom is 0.208 e. The van der Waals surface area contributed by atoms with Gasteiger partial charge in [-0.05, 0) is 41.3 Å². The average molecular weight is 303 g/mol. The Morgan fingerprint density at radius 1 is 0.765 bits per heavy atom. The van der Waals surface area contributed by atoms with Crippen LogP contribution in [-0.4, -0.2) is 23.0 Å². The van der Waals surface area contributed by atoms with Crippen LogP contribution < -0.4 is 5.43 Å². The average Bonchev–Trinajstić information content (AvgIpc) is 2.94. The fourth-order valence-corrected chi connectivity index (χ4v) is 5.09. The molecule has 0 aromatic heterocycles. The van der Waals surface area contributed by atoms with Gasteiger partial charge in [0.15, 0.2) is 0 Å². The molecule has 17 heavy (non-hydrogen) atoms. The van der Waals surface area contributed by atoms with Crippen LogP contribution in [0.2, 0.25) is 0 Å². The van der Waals surface area contributed by atoms with E-state index in [2.05, 4.69) is 10.5 Å². The molecule has 0 amide bonds. The molecule has 0 saturated heterocycles. The van der Waals surface area contributed by atoms with Gasteiger partial charge >= 0.3 is 0 Å².